The molecule has 3 nitrogen and oxygen atoms in total. The molecule has 152 valence electrons. The zero-order valence-electron chi connectivity index (χ0n) is 17.3. The average Bonchev–Trinajstić information content (AvgIpc) is 2.80. The van der Waals surface area contributed by atoms with Gasteiger partial charge in [0.15, 0.2) is 0 Å². The fourth-order valence-electron chi connectivity index (χ4n) is 4.48. The number of benzene rings is 2. The quantitative estimate of drug-likeness (QED) is 0.475. The Kier molecular flexibility index (Phi) is 6.73. The smallest absolute Gasteiger partial charge is 0.150 e. The summed E-state index contributed by atoms with van der Waals surface area (Å²) < 4.78 is 0. The summed E-state index contributed by atoms with van der Waals surface area (Å²) in [4.78, 5) is 17.2. The third kappa shape index (κ3) is 4.93. The van der Waals surface area contributed by atoms with Crippen molar-refractivity contribution in [1.82, 2.24) is 4.90 Å². The first-order valence-corrected chi connectivity index (χ1v) is 11.9. The molecule has 0 aromatic heterocycles. The van der Waals surface area contributed by atoms with E-state index in [1.54, 1.807) is 11.1 Å². The predicted molar refractivity (Wildman–Crippen MR) is 124 cm³/mol. The van der Waals surface area contributed by atoms with Crippen LogP contribution >= 0.6 is 11.8 Å². The lowest BCUT2D eigenvalue weighted by Crippen LogP contribution is -2.47. The predicted octanol–water partition coefficient (Wildman–Crippen LogP) is 5.37. The van der Waals surface area contributed by atoms with Gasteiger partial charge in [0.1, 0.15) is 6.29 Å². The van der Waals surface area contributed by atoms with E-state index in [1.165, 1.54) is 41.8 Å². The van der Waals surface area contributed by atoms with E-state index in [9.17, 15) is 4.79 Å². The molecule has 2 aliphatic rings. The Bertz CT molecular complexity index is 849. The van der Waals surface area contributed by atoms with Crippen LogP contribution < -0.4 is 4.90 Å². The van der Waals surface area contributed by atoms with E-state index in [2.05, 4.69) is 52.5 Å². The van der Waals surface area contributed by atoms with Crippen LogP contribution in [0.2, 0.25) is 0 Å². The number of allylic oxidation sites excluding steroid dienone is 1. The molecule has 0 atom stereocenters. The lowest BCUT2D eigenvalue weighted by molar-refractivity contribution is 0.112. The van der Waals surface area contributed by atoms with Crippen LogP contribution in [0.25, 0.3) is 5.57 Å². The van der Waals surface area contributed by atoms with E-state index in [0.29, 0.717) is 0 Å². The summed E-state index contributed by atoms with van der Waals surface area (Å²) in [6.07, 6.45) is 8.14. The van der Waals surface area contributed by atoms with Gasteiger partial charge in [-0.25, -0.2) is 0 Å². The third-order valence-electron chi connectivity index (χ3n) is 6.20. The van der Waals surface area contributed by atoms with Gasteiger partial charge in [0.25, 0.3) is 0 Å². The first-order valence-electron chi connectivity index (χ1n) is 10.6. The minimum Gasteiger partial charge on any atom is -0.369 e. The van der Waals surface area contributed by atoms with Gasteiger partial charge in [0.2, 0.25) is 0 Å². The molecule has 1 saturated heterocycles. The molecule has 0 amide bonds. The Morgan fingerprint density at radius 2 is 1.59 bits per heavy atom. The van der Waals surface area contributed by atoms with Gasteiger partial charge in [-0.05, 0) is 79.5 Å². The summed E-state index contributed by atoms with van der Waals surface area (Å²) in [5.74, 6) is 0. The highest BCUT2D eigenvalue weighted by atomic mass is 32.2. The first-order chi connectivity index (χ1) is 14.3. The van der Waals surface area contributed by atoms with Gasteiger partial charge in [-0.3, -0.25) is 9.69 Å². The Hall–Kier alpha value is -2.04. The van der Waals surface area contributed by atoms with Gasteiger partial charge >= 0.3 is 0 Å². The average molecular weight is 407 g/mol. The minimum absolute atomic E-state index is 0.745. The molecule has 0 N–H and O–H groups in total. The summed E-state index contributed by atoms with van der Waals surface area (Å²) in [6.45, 7) is 5.39. The van der Waals surface area contributed by atoms with Gasteiger partial charge in [0, 0.05) is 48.9 Å². The number of anilines is 1. The van der Waals surface area contributed by atoms with Crippen molar-refractivity contribution in [3.05, 3.63) is 65.2 Å². The van der Waals surface area contributed by atoms with Crippen molar-refractivity contribution >= 4 is 29.3 Å². The van der Waals surface area contributed by atoms with Crippen molar-refractivity contribution in [3.63, 3.8) is 0 Å². The first kappa shape index (κ1) is 20.2. The lowest BCUT2D eigenvalue weighted by atomic mass is 9.87. The number of nitrogens with zero attached hydrogens (tertiary/aromatic N) is 2. The third-order valence-corrected chi connectivity index (χ3v) is 6.95. The monoisotopic (exact) mass is 406 g/mol. The molecule has 0 radical (unpaired) electrons. The van der Waals surface area contributed by atoms with Crippen LogP contribution in [0.15, 0.2) is 59.0 Å². The van der Waals surface area contributed by atoms with Crippen LogP contribution in [0, 0.1) is 0 Å². The Balaban J connectivity index is 1.41. The fourth-order valence-corrected chi connectivity index (χ4v) is 4.89. The van der Waals surface area contributed by atoms with Crippen molar-refractivity contribution in [2.75, 3.05) is 43.9 Å². The molecule has 0 spiro atoms. The molecule has 1 fully saturated rings. The van der Waals surface area contributed by atoms with E-state index in [0.717, 1.165) is 44.6 Å². The molecule has 1 heterocycles. The van der Waals surface area contributed by atoms with Crippen molar-refractivity contribution < 1.29 is 4.79 Å². The van der Waals surface area contributed by atoms with Crippen molar-refractivity contribution in [3.8, 4) is 0 Å². The fraction of sp³-hybridized carbons (Fsp3) is 0.400. The second kappa shape index (κ2) is 9.64. The molecule has 2 aromatic carbocycles. The molecular formula is C25H30N2OS. The second-order valence-electron chi connectivity index (χ2n) is 7.99. The highest BCUT2D eigenvalue weighted by molar-refractivity contribution is 7.98. The van der Waals surface area contributed by atoms with Crippen molar-refractivity contribution in [2.24, 2.45) is 0 Å². The molecule has 1 aliphatic heterocycles. The van der Waals surface area contributed by atoms with Gasteiger partial charge in [0.05, 0.1) is 0 Å². The zero-order valence-corrected chi connectivity index (χ0v) is 18.1. The van der Waals surface area contributed by atoms with Crippen LogP contribution in [0.4, 0.5) is 5.69 Å². The summed E-state index contributed by atoms with van der Waals surface area (Å²) in [5, 5.41) is 0. The Morgan fingerprint density at radius 1 is 0.897 bits per heavy atom. The van der Waals surface area contributed by atoms with Crippen LogP contribution in [-0.2, 0) is 0 Å². The van der Waals surface area contributed by atoms with Crippen molar-refractivity contribution in [2.45, 2.75) is 30.6 Å². The maximum Gasteiger partial charge on any atom is 0.150 e. The van der Waals surface area contributed by atoms with Crippen LogP contribution in [-0.4, -0.2) is 50.2 Å². The number of carbonyl (C=O) groups is 1. The standard InChI is InChI=1S/C25H30N2OS/c1-29-24-12-8-21(9-13-24)25-5-3-2-4-22(25)18-26-14-16-27(17-15-26)23-10-6-20(19-28)7-11-23/h6-13,19H,2-5,14-18H2,1H3. The number of hydrogen-bond donors (Lipinski definition) is 0. The molecule has 4 rings (SSSR count). The number of carbonyl (C=O) groups excluding carboxylic acids is 1. The number of hydrogen-bond acceptors (Lipinski definition) is 4. The second-order valence-corrected chi connectivity index (χ2v) is 8.87. The van der Waals surface area contributed by atoms with Crippen LogP contribution in [0.5, 0.6) is 0 Å². The normalized spacial score (nSPS) is 18.2. The van der Waals surface area contributed by atoms with E-state index in [-0.39, 0.29) is 0 Å². The number of thioether (sulfide) groups is 1. The number of rotatable bonds is 6. The lowest BCUT2D eigenvalue weighted by Gasteiger charge is -2.37. The van der Waals surface area contributed by atoms with Gasteiger partial charge < -0.3 is 4.90 Å². The minimum atomic E-state index is 0.745. The number of aldehydes is 1. The van der Waals surface area contributed by atoms with Crippen LogP contribution in [0.1, 0.15) is 41.6 Å². The molecule has 1 aliphatic carbocycles. The molecule has 4 heteroatoms. The maximum atomic E-state index is 10.9. The Labute approximate surface area is 178 Å². The SMILES string of the molecule is CSc1ccc(C2=C(CN3CCN(c4ccc(C=O)cc4)CC3)CCCC2)cc1. The van der Waals surface area contributed by atoms with Crippen LogP contribution in [0.3, 0.4) is 0 Å². The van der Waals surface area contributed by atoms with Crippen molar-refractivity contribution in [1.29, 1.82) is 0 Å². The molecule has 2 aromatic rings. The highest BCUT2D eigenvalue weighted by Gasteiger charge is 2.21. The van der Waals surface area contributed by atoms with Gasteiger partial charge in [-0.2, -0.15) is 0 Å². The number of piperazine rings is 1. The maximum absolute atomic E-state index is 10.9. The van der Waals surface area contributed by atoms with Gasteiger partial charge in [-0.1, -0.05) is 17.7 Å². The molecule has 29 heavy (non-hydrogen) atoms. The summed E-state index contributed by atoms with van der Waals surface area (Å²) in [6, 6.07) is 17.1. The summed E-state index contributed by atoms with van der Waals surface area (Å²) in [7, 11) is 0. The molecule has 0 bridgehead atoms. The molecule has 0 saturated carbocycles. The van der Waals surface area contributed by atoms with E-state index >= 15 is 0 Å². The van der Waals surface area contributed by atoms with E-state index in [1.807, 2.05) is 23.9 Å². The van der Waals surface area contributed by atoms with Gasteiger partial charge in [-0.15, -0.1) is 11.8 Å². The van der Waals surface area contributed by atoms with E-state index in [4.69, 9.17) is 0 Å². The topological polar surface area (TPSA) is 23.6 Å². The molecular weight excluding hydrogens is 376 g/mol. The zero-order chi connectivity index (χ0) is 20.1. The molecule has 0 unspecified atom stereocenters. The van der Waals surface area contributed by atoms with E-state index < -0.39 is 0 Å². The highest BCUT2D eigenvalue weighted by Crippen LogP contribution is 2.33. The summed E-state index contributed by atoms with van der Waals surface area (Å²) in [5.41, 5.74) is 6.63. The summed E-state index contributed by atoms with van der Waals surface area (Å²) >= 11 is 1.81. The Morgan fingerprint density at radius 3 is 2.24 bits per heavy atom. The largest absolute Gasteiger partial charge is 0.369 e.